The number of benzene rings is 6. The Kier molecular flexibility index (Phi) is 5.84. The Bertz CT molecular complexity index is 2630. The van der Waals surface area contributed by atoms with Crippen molar-refractivity contribution in [2.24, 2.45) is 0 Å². The Labute approximate surface area is 275 Å². The molecule has 0 spiro atoms. The molecule has 0 radical (unpaired) electrons. The normalized spacial score (nSPS) is 11.8. The standard InChI is InChI=1S/C44H26N2O2/c1-2-10-32-30(28-20-24-40(46-26-28)38-16-8-14-36-34-12-4-6-18-42(34)48-44(36)38)22-21-29(31(32)9-1)27-19-23-39(45-25-27)37-15-7-13-35-33-11-3-5-17-41(33)47-43(35)37/h1-26H. The number of para-hydroxylation sites is 4. The fourth-order valence-corrected chi connectivity index (χ4v) is 7.13. The van der Waals surface area contributed by atoms with E-state index in [4.69, 9.17) is 18.8 Å². The monoisotopic (exact) mass is 614 g/mol. The molecule has 0 unspecified atom stereocenters. The first-order valence-corrected chi connectivity index (χ1v) is 16.1. The number of hydrogen-bond donors (Lipinski definition) is 0. The highest BCUT2D eigenvalue weighted by atomic mass is 16.3. The summed E-state index contributed by atoms with van der Waals surface area (Å²) >= 11 is 0. The van der Waals surface area contributed by atoms with E-state index in [0.717, 1.165) is 88.6 Å². The smallest absolute Gasteiger partial charge is 0.144 e. The van der Waals surface area contributed by atoms with Crippen LogP contribution in [0.2, 0.25) is 0 Å². The number of aromatic nitrogens is 2. The fraction of sp³-hybridized carbons (Fsp3) is 0. The molecule has 0 aliphatic carbocycles. The van der Waals surface area contributed by atoms with Crippen molar-refractivity contribution in [3.8, 4) is 44.8 Å². The van der Waals surface area contributed by atoms with Gasteiger partial charge < -0.3 is 8.83 Å². The summed E-state index contributed by atoms with van der Waals surface area (Å²) in [5.41, 5.74) is 11.6. The largest absolute Gasteiger partial charge is 0.455 e. The highest BCUT2D eigenvalue weighted by molar-refractivity contribution is 6.11. The molecule has 48 heavy (non-hydrogen) atoms. The molecule has 4 heterocycles. The molecule has 0 bridgehead atoms. The summed E-state index contributed by atoms with van der Waals surface area (Å²) in [5.74, 6) is 0. The maximum absolute atomic E-state index is 6.28. The predicted molar refractivity (Wildman–Crippen MR) is 196 cm³/mol. The second-order valence-electron chi connectivity index (χ2n) is 12.1. The summed E-state index contributed by atoms with van der Waals surface area (Å²) in [5, 5.41) is 6.77. The molecule has 0 saturated heterocycles. The third kappa shape index (κ3) is 4.10. The fourth-order valence-electron chi connectivity index (χ4n) is 7.13. The van der Waals surface area contributed by atoms with Crippen LogP contribution < -0.4 is 0 Å². The molecule has 0 amide bonds. The van der Waals surface area contributed by atoms with Crippen LogP contribution in [-0.4, -0.2) is 9.97 Å². The van der Waals surface area contributed by atoms with Gasteiger partial charge in [0.05, 0.1) is 11.4 Å². The van der Waals surface area contributed by atoms with Crippen molar-refractivity contribution < 1.29 is 8.83 Å². The molecule has 0 fully saturated rings. The molecular weight excluding hydrogens is 588 g/mol. The molecule has 0 saturated carbocycles. The van der Waals surface area contributed by atoms with Crippen LogP contribution >= 0.6 is 0 Å². The van der Waals surface area contributed by atoms with Crippen LogP contribution in [0.5, 0.6) is 0 Å². The maximum atomic E-state index is 6.28. The Balaban J connectivity index is 1.01. The molecule has 10 aromatic rings. The minimum Gasteiger partial charge on any atom is -0.455 e. The van der Waals surface area contributed by atoms with Crippen molar-refractivity contribution in [3.63, 3.8) is 0 Å². The van der Waals surface area contributed by atoms with E-state index in [-0.39, 0.29) is 0 Å². The Morgan fingerprint density at radius 3 is 1.17 bits per heavy atom. The van der Waals surface area contributed by atoms with E-state index in [9.17, 15) is 0 Å². The minimum atomic E-state index is 0.864. The molecule has 0 aliphatic heterocycles. The Hall–Kier alpha value is -6.52. The van der Waals surface area contributed by atoms with Crippen molar-refractivity contribution in [2.75, 3.05) is 0 Å². The van der Waals surface area contributed by atoms with Crippen LogP contribution in [0.4, 0.5) is 0 Å². The van der Waals surface area contributed by atoms with Gasteiger partial charge in [-0.05, 0) is 58.3 Å². The summed E-state index contributed by atoms with van der Waals surface area (Å²) in [7, 11) is 0. The van der Waals surface area contributed by atoms with Gasteiger partial charge in [0, 0.05) is 56.2 Å². The van der Waals surface area contributed by atoms with E-state index in [2.05, 4.69) is 109 Å². The zero-order chi connectivity index (χ0) is 31.6. The van der Waals surface area contributed by atoms with Crippen LogP contribution in [0.25, 0.3) is 99.4 Å². The van der Waals surface area contributed by atoms with Gasteiger partial charge >= 0.3 is 0 Å². The van der Waals surface area contributed by atoms with E-state index < -0.39 is 0 Å². The van der Waals surface area contributed by atoms with Gasteiger partial charge in [-0.15, -0.1) is 0 Å². The Morgan fingerprint density at radius 1 is 0.312 bits per heavy atom. The lowest BCUT2D eigenvalue weighted by molar-refractivity contribution is 0.669. The van der Waals surface area contributed by atoms with Crippen LogP contribution in [-0.2, 0) is 0 Å². The molecule has 4 aromatic heterocycles. The van der Waals surface area contributed by atoms with Crippen LogP contribution in [0, 0.1) is 0 Å². The number of furan rings is 2. The van der Waals surface area contributed by atoms with E-state index in [1.807, 2.05) is 48.8 Å². The quantitative estimate of drug-likeness (QED) is 0.198. The Morgan fingerprint density at radius 2 is 0.729 bits per heavy atom. The van der Waals surface area contributed by atoms with Crippen molar-refractivity contribution >= 4 is 54.6 Å². The van der Waals surface area contributed by atoms with Gasteiger partial charge in [-0.25, -0.2) is 0 Å². The molecule has 6 aromatic carbocycles. The summed E-state index contributed by atoms with van der Waals surface area (Å²) in [6, 6.07) is 50.2. The number of fused-ring (bicyclic) bond motifs is 7. The van der Waals surface area contributed by atoms with Gasteiger partial charge in [0.2, 0.25) is 0 Å². The van der Waals surface area contributed by atoms with Gasteiger partial charge in [-0.1, -0.05) is 109 Å². The topological polar surface area (TPSA) is 52.1 Å². The first-order valence-electron chi connectivity index (χ1n) is 16.1. The zero-order valence-electron chi connectivity index (χ0n) is 25.7. The first-order chi connectivity index (χ1) is 23.8. The van der Waals surface area contributed by atoms with Crippen LogP contribution in [0.15, 0.2) is 167 Å². The van der Waals surface area contributed by atoms with E-state index in [1.165, 1.54) is 10.8 Å². The second-order valence-corrected chi connectivity index (χ2v) is 12.1. The first kappa shape index (κ1) is 26.7. The van der Waals surface area contributed by atoms with Crippen molar-refractivity contribution in [1.29, 1.82) is 0 Å². The number of pyridine rings is 2. The molecule has 224 valence electrons. The second kappa shape index (κ2) is 10.5. The SMILES string of the molecule is c1ccc2c(c1)oc1c(-c3ccc(-c4ccc(-c5ccc(-c6cccc7c6oc6ccccc67)nc5)c5ccccc45)cn3)cccc12. The van der Waals surface area contributed by atoms with Crippen molar-refractivity contribution in [2.45, 2.75) is 0 Å². The molecule has 10 rings (SSSR count). The lowest BCUT2D eigenvalue weighted by Gasteiger charge is -2.13. The average Bonchev–Trinajstić information content (AvgIpc) is 3.73. The van der Waals surface area contributed by atoms with Gasteiger partial charge in [-0.3, -0.25) is 9.97 Å². The highest BCUT2D eigenvalue weighted by Crippen LogP contribution is 2.39. The summed E-state index contributed by atoms with van der Waals surface area (Å²) in [6.45, 7) is 0. The molecule has 0 atom stereocenters. The molecule has 0 N–H and O–H groups in total. The van der Waals surface area contributed by atoms with E-state index in [1.54, 1.807) is 0 Å². The van der Waals surface area contributed by atoms with Crippen molar-refractivity contribution in [1.82, 2.24) is 9.97 Å². The van der Waals surface area contributed by atoms with E-state index in [0.29, 0.717) is 0 Å². The average molecular weight is 615 g/mol. The van der Waals surface area contributed by atoms with Gasteiger partial charge in [0.25, 0.3) is 0 Å². The molecular formula is C44H26N2O2. The van der Waals surface area contributed by atoms with Gasteiger partial charge in [0.15, 0.2) is 0 Å². The van der Waals surface area contributed by atoms with Gasteiger partial charge in [-0.2, -0.15) is 0 Å². The van der Waals surface area contributed by atoms with Crippen LogP contribution in [0.3, 0.4) is 0 Å². The third-order valence-electron chi connectivity index (χ3n) is 9.43. The number of rotatable bonds is 4. The van der Waals surface area contributed by atoms with Crippen LogP contribution in [0.1, 0.15) is 0 Å². The lowest BCUT2D eigenvalue weighted by atomic mass is 9.93. The number of hydrogen-bond acceptors (Lipinski definition) is 4. The molecule has 4 nitrogen and oxygen atoms in total. The van der Waals surface area contributed by atoms with E-state index >= 15 is 0 Å². The molecule has 0 aliphatic rings. The molecule has 4 heteroatoms. The third-order valence-corrected chi connectivity index (χ3v) is 9.43. The minimum absolute atomic E-state index is 0.864. The van der Waals surface area contributed by atoms with Gasteiger partial charge in [0.1, 0.15) is 22.3 Å². The summed E-state index contributed by atoms with van der Waals surface area (Å²) in [6.07, 6.45) is 3.93. The number of nitrogens with zero attached hydrogens (tertiary/aromatic N) is 2. The lowest BCUT2D eigenvalue weighted by Crippen LogP contribution is -1.90. The predicted octanol–water partition coefficient (Wildman–Crippen LogP) is 12.1. The van der Waals surface area contributed by atoms with Crippen molar-refractivity contribution in [3.05, 3.63) is 158 Å². The summed E-state index contributed by atoms with van der Waals surface area (Å²) in [4.78, 5) is 9.86. The summed E-state index contributed by atoms with van der Waals surface area (Å²) < 4.78 is 12.6. The maximum Gasteiger partial charge on any atom is 0.144 e. The zero-order valence-corrected chi connectivity index (χ0v) is 25.7. The highest BCUT2D eigenvalue weighted by Gasteiger charge is 2.16.